The van der Waals surface area contributed by atoms with Gasteiger partial charge < -0.3 is 10.1 Å². The first kappa shape index (κ1) is 17.7. The number of piperidine rings is 1. The van der Waals surface area contributed by atoms with Gasteiger partial charge in [0.15, 0.2) is 0 Å². The Kier molecular flexibility index (Phi) is 5.95. The highest BCUT2D eigenvalue weighted by Crippen LogP contribution is 2.19. The summed E-state index contributed by atoms with van der Waals surface area (Å²) in [7, 11) is -3.40. The number of nitrogens with zero attached hydrogens (tertiary/aromatic N) is 1. The minimum atomic E-state index is -3.40. The van der Waals surface area contributed by atoms with E-state index in [4.69, 9.17) is 4.74 Å². The molecule has 0 saturated carbocycles. The predicted octanol–water partition coefficient (Wildman–Crippen LogP) is 1.13. The van der Waals surface area contributed by atoms with Gasteiger partial charge >= 0.3 is 0 Å². The van der Waals surface area contributed by atoms with Crippen LogP contribution >= 0.6 is 0 Å². The molecule has 1 aliphatic rings. The second-order valence-electron chi connectivity index (χ2n) is 5.48. The van der Waals surface area contributed by atoms with Gasteiger partial charge in [-0.25, -0.2) is 12.8 Å². The maximum atomic E-state index is 13.0. The van der Waals surface area contributed by atoms with Crippen LogP contribution in [0.15, 0.2) is 24.3 Å². The van der Waals surface area contributed by atoms with E-state index in [1.54, 1.807) is 6.07 Å². The average molecular weight is 344 g/mol. The van der Waals surface area contributed by atoms with Gasteiger partial charge in [-0.2, -0.15) is 4.31 Å². The van der Waals surface area contributed by atoms with Crippen molar-refractivity contribution in [2.75, 3.05) is 26.0 Å². The van der Waals surface area contributed by atoms with Gasteiger partial charge in [0.2, 0.25) is 15.9 Å². The maximum Gasteiger partial charge on any atom is 0.238 e. The number of nitrogens with one attached hydrogen (secondary N) is 1. The molecule has 128 valence electrons. The fourth-order valence-corrected chi connectivity index (χ4v) is 3.71. The average Bonchev–Trinajstić information content (AvgIpc) is 2.50. The molecule has 1 aromatic rings. The smallest absolute Gasteiger partial charge is 0.238 e. The molecular weight excluding hydrogens is 323 g/mol. The Labute approximate surface area is 135 Å². The normalized spacial score (nSPS) is 19.3. The number of halogens is 1. The third-order valence-corrected chi connectivity index (χ3v) is 4.94. The summed E-state index contributed by atoms with van der Waals surface area (Å²) in [6.07, 6.45) is 3.22. The first-order chi connectivity index (χ1) is 10.9. The Bertz CT molecular complexity index is 651. The number of sulfonamides is 1. The topological polar surface area (TPSA) is 75.7 Å². The van der Waals surface area contributed by atoms with Crippen molar-refractivity contribution in [2.24, 2.45) is 0 Å². The molecule has 1 atom stereocenters. The highest BCUT2D eigenvalue weighted by Gasteiger charge is 2.34. The van der Waals surface area contributed by atoms with E-state index in [-0.39, 0.29) is 19.1 Å². The monoisotopic (exact) mass is 344 g/mol. The van der Waals surface area contributed by atoms with Gasteiger partial charge in [-0.15, -0.1) is 0 Å². The number of hydrogen-bond acceptors (Lipinski definition) is 4. The molecule has 2 rings (SSSR count). The molecule has 1 fully saturated rings. The van der Waals surface area contributed by atoms with E-state index in [9.17, 15) is 17.6 Å². The molecule has 23 heavy (non-hydrogen) atoms. The van der Waals surface area contributed by atoms with Crippen LogP contribution in [0.3, 0.4) is 0 Å². The van der Waals surface area contributed by atoms with Crippen molar-refractivity contribution >= 4 is 15.9 Å². The zero-order valence-corrected chi connectivity index (χ0v) is 13.8. The second kappa shape index (κ2) is 7.74. The Balaban J connectivity index is 1.81. The molecule has 1 aliphatic heterocycles. The van der Waals surface area contributed by atoms with Gasteiger partial charge in [-0.3, -0.25) is 4.79 Å². The number of carbonyl (C=O) groups is 1. The summed E-state index contributed by atoms with van der Waals surface area (Å²) in [4.78, 5) is 12.2. The van der Waals surface area contributed by atoms with Crippen molar-refractivity contribution < 1.29 is 22.3 Å². The number of carbonyl (C=O) groups excluding carboxylic acids is 1. The number of benzene rings is 1. The van der Waals surface area contributed by atoms with Crippen LogP contribution in [0.1, 0.15) is 19.3 Å². The minimum absolute atomic E-state index is 0.181. The molecule has 1 N–H and O–H groups in total. The zero-order chi connectivity index (χ0) is 16.9. The van der Waals surface area contributed by atoms with Gasteiger partial charge in [-0.1, -0.05) is 12.5 Å². The lowest BCUT2D eigenvalue weighted by Crippen LogP contribution is -2.52. The maximum absolute atomic E-state index is 13.0. The highest BCUT2D eigenvalue weighted by atomic mass is 32.2. The molecule has 0 aromatic heterocycles. The number of ether oxygens (including phenoxy) is 1. The summed E-state index contributed by atoms with van der Waals surface area (Å²) in [5.41, 5.74) is 0. The van der Waals surface area contributed by atoms with E-state index in [1.165, 1.54) is 22.5 Å². The summed E-state index contributed by atoms with van der Waals surface area (Å²) in [6, 6.07) is 5.08. The third-order valence-electron chi connectivity index (χ3n) is 3.65. The van der Waals surface area contributed by atoms with Crippen LogP contribution in [0.5, 0.6) is 5.75 Å². The standard InChI is InChI=1S/C15H21FN2O4S/c1-23(20,21)18-9-3-2-7-14(18)15(19)17-8-10-22-13-6-4-5-12(16)11-13/h4-6,11,14H,2-3,7-10H2,1H3,(H,17,19)/t14-/m0/s1. The molecule has 0 radical (unpaired) electrons. The first-order valence-corrected chi connectivity index (χ1v) is 9.35. The van der Waals surface area contributed by atoms with Crippen LogP contribution in [-0.4, -0.2) is 50.6 Å². The molecule has 1 saturated heterocycles. The van der Waals surface area contributed by atoms with Crippen molar-refractivity contribution in [3.8, 4) is 5.75 Å². The summed E-state index contributed by atoms with van der Waals surface area (Å²) < 4.78 is 43.0. The molecular formula is C15H21FN2O4S. The summed E-state index contributed by atoms with van der Waals surface area (Å²) >= 11 is 0. The molecule has 1 aromatic carbocycles. The van der Waals surface area contributed by atoms with Crippen molar-refractivity contribution in [3.05, 3.63) is 30.1 Å². The Morgan fingerprint density at radius 1 is 1.43 bits per heavy atom. The molecule has 0 unspecified atom stereocenters. The molecule has 6 nitrogen and oxygen atoms in total. The van der Waals surface area contributed by atoms with Crippen LogP contribution in [0.2, 0.25) is 0 Å². The van der Waals surface area contributed by atoms with Crippen LogP contribution in [0.4, 0.5) is 4.39 Å². The first-order valence-electron chi connectivity index (χ1n) is 7.51. The summed E-state index contributed by atoms with van der Waals surface area (Å²) in [5, 5.41) is 2.68. The van der Waals surface area contributed by atoms with Gasteiger partial charge in [0.1, 0.15) is 24.2 Å². The van der Waals surface area contributed by atoms with E-state index >= 15 is 0 Å². The molecule has 0 spiro atoms. The number of rotatable bonds is 6. The molecule has 8 heteroatoms. The zero-order valence-electron chi connectivity index (χ0n) is 13.0. The van der Waals surface area contributed by atoms with E-state index in [1.807, 2.05) is 0 Å². The molecule has 1 heterocycles. The minimum Gasteiger partial charge on any atom is -0.492 e. The fraction of sp³-hybridized carbons (Fsp3) is 0.533. The van der Waals surface area contributed by atoms with Crippen LogP contribution in [-0.2, 0) is 14.8 Å². The van der Waals surface area contributed by atoms with E-state index in [0.29, 0.717) is 18.7 Å². The van der Waals surface area contributed by atoms with Crippen molar-refractivity contribution in [1.29, 1.82) is 0 Å². The third kappa shape index (κ3) is 5.18. The van der Waals surface area contributed by atoms with Gasteiger partial charge in [0, 0.05) is 12.6 Å². The van der Waals surface area contributed by atoms with Gasteiger partial charge in [-0.05, 0) is 25.0 Å². The number of hydrogen-bond donors (Lipinski definition) is 1. The van der Waals surface area contributed by atoms with Crippen molar-refractivity contribution in [3.63, 3.8) is 0 Å². The van der Waals surface area contributed by atoms with Crippen molar-refractivity contribution in [2.45, 2.75) is 25.3 Å². The lowest BCUT2D eigenvalue weighted by atomic mass is 10.0. The fourth-order valence-electron chi connectivity index (χ4n) is 2.58. The Morgan fingerprint density at radius 2 is 2.22 bits per heavy atom. The van der Waals surface area contributed by atoms with Crippen molar-refractivity contribution in [1.82, 2.24) is 9.62 Å². The van der Waals surface area contributed by atoms with E-state index < -0.39 is 21.9 Å². The van der Waals surface area contributed by atoms with E-state index in [2.05, 4.69) is 5.32 Å². The predicted molar refractivity (Wildman–Crippen MR) is 84.1 cm³/mol. The molecule has 0 bridgehead atoms. The van der Waals surface area contributed by atoms with Gasteiger partial charge in [0.05, 0.1) is 12.8 Å². The van der Waals surface area contributed by atoms with E-state index in [0.717, 1.165) is 19.1 Å². The summed E-state index contributed by atoms with van der Waals surface area (Å²) in [5.74, 6) is -0.329. The largest absolute Gasteiger partial charge is 0.492 e. The Morgan fingerprint density at radius 3 is 2.91 bits per heavy atom. The van der Waals surface area contributed by atoms with Crippen LogP contribution < -0.4 is 10.1 Å². The highest BCUT2D eigenvalue weighted by molar-refractivity contribution is 7.88. The van der Waals surface area contributed by atoms with Crippen LogP contribution in [0.25, 0.3) is 0 Å². The Hall–Kier alpha value is -1.67. The summed E-state index contributed by atoms with van der Waals surface area (Å²) in [6.45, 7) is 0.779. The van der Waals surface area contributed by atoms with Crippen LogP contribution in [0, 0.1) is 5.82 Å². The lowest BCUT2D eigenvalue weighted by molar-refractivity contribution is -0.125. The lowest BCUT2D eigenvalue weighted by Gasteiger charge is -2.32. The number of amides is 1. The SMILES string of the molecule is CS(=O)(=O)N1CCCC[C@H]1C(=O)NCCOc1cccc(F)c1. The van der Waals surface area contributed by atoms with Gasteiger partial charge in [0.25, 0.3) is 0 Å². The quantitative estimate of drug-likeness (QED) is 0.785. The molecule has 1 amide bonds. The second-order valence-corrected chi connectivity index (χ2v) is 7.42. The molecule has 0 aliphatic carbocycles.